The molecule has 0 unspecified atom stereocenters. The lowest BCUT2D eigenvalue weighted by molar-refractivity contribution is 0.661. The Bertz CT molecular complexity index is 2120. The first kappa shape index (κ1) is 23.8. The molecule has 0 fully saturated rings. The van der Waals surface area contributed by atoms with Crippen LogP contribution in [-0.4, -0.2) is 9.97 Å². The van der Waals surface area contributed by atoms with Crippen LogP contribution in [0, 0.1) is 0 Å². The first-order valence-electron chi connectivity index (χ1n) is 14.2. The number of hydrogen-bond donors (Lipinski definition) is 0. The Morgan fingerprint density at radius 3 is 2.07 bits per heavy atom. The summed E-state index contributed by atoms with van der Waals surface area (Å²) in [6.45, 7) is 4.67. The van der Waals surface area contributed by atoms with Crippen LogP contribution < -0.4 is 0 Å². The summed E-state index contributed by atoms with van der Waals surface area (Å²) in [7, 11) is 0. The highest BCUT2D eigenvalue weighted by Gasteiger charge is 2.35. The van der Waals surface area contributed by atoms with Crippen LogP contribution in [0.25, 0.3) is 66.6 Å². The molecule has 1 aliphatic rings. The largest absolute Gasteiger partial charge is 0.228 e. The van der Waals surface area contributed by atoms with Crippen molar-refractivity contribution in [2.45, 2.75) is 19.3 Å². The molecule has 0 atom stereocenters. The van der Waals surface area contributed by atoms with E-state index in [9.17, 15) is 0 Å². The molecule has 0 aliphatic heterocycles. The van der Waals surface area contributed by atoms with Gasteiger partial charge in [-0.1, -0.05) is 123 Å². The van der Waals surface area contributed by atoms with Gasteiger partial charge in [0.25, 0.3) is 0 Å². The van der Waals surface area contributed by atoms with E-state index >= 15 is 0 Å². The first-order valence-corrected chi connectivity index (χ1v) is 14.2. The highest BCUT2D eigenvalue weighted by molar-refractivity contribution is 6.02. The van der Waals surface area contributed by atoms with Gasteiger partial charge in [0.2, 0.25) is 0 Å². The second-order valence-electron chi connectivity index (χ2n) is 11.5. The van der Waals surface area contributed by atoms with Crippen molar-refractivity contribution in [3.8, 4) is 44.9 Å². The number of hydrogen-bond acceptors (Lipinski definition) is 2. The van der Waals surface area contributed by atoms with Gasteiger partial charge < -0.3 is 0 Å². The van der Waals surface area contributed by atoms with Gasteiger partial charge in [-0.15, -0.1) is 0 Å². The van der Waals surface area contributed by atoms with E-state index in [1.165, 1.54) is 38.6 Å². The van der Waals surface area contributed by atoms with Gasteiger partial charge in [-0.05, 0) is 68.4 Å². The van der Waals surface area contributed by atoms with Crippen molar-refractivity contribution >= 4 is 21.7 Å². The van der Waals surface area contributed by atoms with E-state index in [4.69, 9.17) is 9.97 Å². The van der Waals surface area contributed by atoms with Crippen molar-refractivity contribution in [1.82, 2.24) is 9.97 Å². The van der Waals surface area contributed by atoms with Gasteiger partial charge in [0, 0.05) is 21.9 Å². The van der Waals surface area contributed by atoms with Crippen LogP contribution in [0.15, 0.2) is 133 Å². The van der Waals surface area contributed by atoms with Gasteiger partial charge in [0.05, 0.1) is 11.2 Å². The molecule has 0 bridgehead atoms. The van der Waals surface area contributed by atoms with Crippen molar-refractivity contribution in [1.29, 1.82) is 0 Å². The molecule has 6 aromatic carbocycles. The normalized spacial score (nSPS) is 13.3. The summed E-state index contributed by atoms with van der Waals surface area (Å²) >= 11 is 0. The van der Waals surface area contributed by atoms with Gasteiger partial charge in [-0.25, -0.2) is 9.97 Å². The number of benzene rings is 6. The average Bonchev–Trinajstić information content (AvgIpc) is 3.25. The molecule has 0 saturated heterocycles. The Kier molecular flexibility index (Phi) is 5.20. The Labute approximate surface area is 240 Å². The monoisotopic (exact) mass is 524 g/mol. The lowest BCUT2D eigenvalue weighted by atomic mass is 9.81. The molecule has 194 valence electrons. The highest BCUT2D eigenvalue weighted by Crippen LogP contribution is 2.50. The third-order valence-corrected chi connectivity index (χ3v) is 8.66. The van der Waals surface area contributed by atoms with Gasteiger partial charge in [-0.2, -0.15) is 0 Å². The van der Waals surface area contributed by atoms with Crippen molar-refractivity contribution < 1.29 is 0 Å². The molecule has 2 heteroatoms. The Morgan fingerprint density at radius 2 is 1.17 bits per heavy atom. The minimum absolute atomic E-state index is 0.0140. The Balaban J connectivity index is 1.30. The summed E-state index contributed by atoms with van der Waals surface area (Å²) < 4.78 is 0. The van der Waals surface area contributed by atoms with Crippen molar-refractivity contribution in [3.05, 3.63) is 145 Å². The van der Waals surface area contributed by atoms with E-state index in [0.717, 1.165) is 39.1 Å². The van der Waals surface area contributed by atoms with E-state index in [-0.39, 0.29) is 5.41 Å². The van der Waals surface area contributed by atoms with Gasteiger partial charge in [0.1, 0.15) is 0 Å². The zero-order valence-corrected chi connectivity index (χ0v) is 23.1. The maximum atomic E-state index is 5.12. The van der Waals surface area contributed by atoms with Crippen LogP contribution in [0.2, 0.25) is 0 Å². The van der Waals surface area contributed by atoms with E-state index in [1.54, 1.807) is 0 Å². The van der Waals surface area contributed by atoms with Crippen LogP contribution >= 0.6 is 0 Å². The van der Waals surface area contributed by atoms with Crippen LogP contribution in [0.4, 0.5) is 0 Å². The van der Waals surface area contributed by atoms with Crippen LogP contribution in [0.1, 0.15) is 25.0 Å². The third kappa shape index (κ3) is 3.72. The molecule has 0 radical (unpaired) electrons. The van der Waals surface area contributed by atoms with Crippen LogP contribution in [-0.2, 0) is 5.41 Å². The summed E-state index contributed by atoms with van der Waals surface area (Å²) in [4.78, 5) is 10.1. The predicted molar refractivity (Wildman–Crippen MR) is 171 cm³/mol. The topological polar surface area (TPSA) is 25.8 Å². The van der Waals surface area contributed by atoms with Crippen LogP contribution in [0.5, 0.6) is 0 Å². The number of aromatic nitrogens is 2. The van der Waals surface area contributed by atoms with Gasteiger partial charge in [0.15, 0.2) is 5.82 Å². The average molecular weight is 525 g/mol. The zero-order valence-electron chi connectivity index (χ0n) is 23.1. The zero-order chi connectivity index (χ0) is 27.6. The maximum absolute atomic E-state index is 5.12. The number of rotatable bonds is 3. The fourth-order valence-electron chi connectivity index (χ4n) is 6.57. The SMILES string of the molecule is CC1(C)c2ccccc2-c2cc3c(-c4cccc(-c5nc(-c6ccccc6)c6ccccc6n5)c4)cccc3cc21. The Morgan fingerprint density at radius 1 is 0.463 bits per heavy atom. The lowest BCUT2D eigenvalue weighted by Gasteiger charge is -2.22. The molecule has 7 aromatic rings. The predicted octanol–water partition coefficient (Wildman–Crippen LogP) is 10.1. The summed E-state index contributed by atoms with van der Waals surface area (Å²) in [6.07, 6.45) is 0. The third-order valence-electron chi connectivity index (χ3n) is 8.66. The van der Waals surface area contributed by atoms with Crippen molar-refractivity contribution in [2.75, 3.05) is 0 Å². The molecule has 0 N–H and O–H groups in total. The fraction of sp³-hybridized carbons (Fsp3) is 0.0769. The second-order valence-corrected chi connectivity index (χ2v) is 11.5. The standard InChI is InChI=1S/C39H28N2/c1-39(2)34-20-8-6-17-30(34)33-24-32-27(23-35(33)39)15-11-19-29(32)26-14-10-16-28(22-26)38-40-36-21-9-7-18-31(36)37(41-38)25-12-4-3-5-13-25/h3-24H,1-2H3. The summed E-state index contributed by atoms with van der Waals surface area (Å²) in [5, 5.41) is 3.59. The number of fused-ring (bicyclic) bond motifs is 5. The van der Waals surface area contributed by atoms with Gasteiger partial charge in [-0.3, -0.25) is 0 Å². The molecular formula is C39H28N2. The molecule has 41 heavy (non-hydrogen) atoms. The lowest BCUT2D eigenvalue weighted by Crippen LogP contribution is -2.14. The van der Waals surface area contributed by atoms with Crippen molar-refractivity contribution in [2.24, 2.45) is 0 Å². The molecule has 0 spiro atoms. The molecule has 2 nitrogen and oxygen atoms in total. The number of nitrogens with zero attached hydrogens (tertiary/aromatic N) is 2. The van der Waals surface area contributed by atoms with Crippen LogP contribution in [0.3, 0.4) is 0 Å². The van der Waals surface area contributed by atoms with E-state index in [1.807, 2.05) is 12.1 Å². The molecule has 0 saturated carbocycles. The summed E-state index contributed by atoms with van der Waals surface area (Å²) in [5.74, 6) is 0.737. The van der Waals surface area contributed by atoms with E-state index < -0.39 is 0 Å². The highest BCUT2D eigenvalue weighted by atomic mass is 14.9. The Hall–Kier alpha value is -5.08. The molecule has 8 rings (SSSR count). The quantitative estimate of drug-likeness (QED) is 0.230. The molecule has 1 aromatic heterocycles. The van der Waals surface area contributed by atoms with E-state index in [2.05, 4.69) is 135 Å². The van der Waals surface area contributed by atoms with E-state index in [0.29, 0.717) is 0 Å². The van der Waals surface area contributed by atoms with Gasteiger partial charge >= 0.3 is 0 Å². The molecule has 1 heterocycles. The molecular weight excluding hydrogens is 496 g/mol. The summed E-state index contributed by atoms with van der Waals surface area (Å²) in [6, 6.07) is 47.6. The molecule has 0 amide bonds. The maximum Gasteiger partial charge on any atom is 0.160 e. The fourth-order valence-corrected chi connectivity index (χ4v) is 6.57. The summed E-state index contributed by atoms with van der Waals surface area (Å²) in [5.41, 5.74) is 11.9. The second kappa shape index (κ2) is 8.97. The smallest absolute Gasteiger partial charge is 0.160 e. The minimum Gasteiger partial charge on any atom is -0.228 e. The minimum atomic E-state index is -0.0140. The van der Waals surface area contributed by atoms with Crippen molar-refractivity contribution in [3.63, 3.8) is 0 Å². The number of para-hydroxylation sites is 1. The first-order chi connectivity index (χ1) is 20.1. The molecule has 1 aliphatic carbocycles.